The predicted molar refractivity (Wildman–Crippen MR) is 62.0 cm³/mol. The lowest BCUT2D eigenvalue weighted by Gasteiger charge is -2.17. The molecule has 0 fully saturated rings. The van der Waals surface area contributed by atoms with Crippen LogP contribution in [-0.4, -0.2) is 28.8 Å². The van der Waals surface area contributed by atoms with Gasteiger partial charge in [0.25, 0.3) is 0 Å². The molecule has 0 amide bonds. The number of nitro groups is 1. The number of fused-ring (bicyclic) bond motifs is 1. The van der Waals surface area contributed by atoms with Gasteiger partial charge in [0.2, 0.25) is 5.52 Å². The van der Waals surface area contributed by atoms with E-state index >= 15 is 0 Å². The molecule has 0 bridgehead atoms. The number of nitro benzene ring substituents is 1. The van der Waals surface area contributed by atoms with Crippen molar-refractivity contribution in [1.29, 1.82) is 0 Å². The van der Waals surface area contributed by atoms with E-state index in [1.165, 1.54) is 6.07 Å². The molecule has 0 spiro atoms. The minimum absolute atomic E-state index is 0.0881. The maximum Gasteiger partial charge on any atom is 0.300 e. The quantitative estimate of drug-likeness (QED) is 0.596. The third-order valence-corrected chi connectivity index (χ3v) is 2.54. The van der Waals surface area contributed by atoms with Gasteiger partial charge in [-0.05, 0) is 22.8 Å². The van der Waals surface area contributed by atoms with Gasteiger partial charge in [0.1, 0.15) is 0 Å². The standard InChI is InChI=1S/C10H12N4O3/c1-3-6-13(2)7-4-5-8(14(15)16)10-9(7)11-17-12-10/h4-5H,3,6H2,1-2H3. The Morgan fingerprint density at radius 1 is 1.41 bits per heavy atom. The summed E-state index contributed by atoms with van der Waals surface area (Å²) in [4.78, 5) is 12.3. The number of non-ortho nitro benzene ring substituents is 1. The van der Waals surface area contributed by atoms with Crippen LogP contribution in [0.15, 0.2) is 16.8 Å². The second-order valence-corrected chi connectivity index (χ2v) is 3.74. The van der Waals surface area contributed by atoms with Gasteiger partial charge in [-0.2, -0.15) is 0 Å². The van der Waals surface area contributed by atoms with E-state index in [-0.39, 0.29) is 11.2 Å². The summed E-state index contributed by atoms with van der Waals surface area (Å²) in [5.41, 5.74) is 1.31. The molecule has 1 aromatic carbocycles. The van der Waals surface area contributed by atoms with Crippen molar-refractivity contribution in [3.63, 3.8) is 0 Å². The van der Waals surface area contributed by atoms with E-state index in [1.54, 1.807) is 6.07 Å². The first-order valence-corrected chi connectivity index (χ1v) is 5.26. The van der Waals surface area contributed by atoms with Crippen LogP contribution in [0.2, 0.25) is 0 Å². The molecule has 90 valence electrons. The number of benzene rings is 1. The largest absolute Gasteiger partial charge is 0.373 e. The van der Waals surface area contributed by atoms with Crippen LogP contribution in [0.1, 0.15) is 13.3 Å². The average molecular weight is 236 g/mol. The minimum Gasteiger partial charge on any atom is -0.373 e. The Labute approximate surface area is 97.1 Å². The zero-order chi connectivity index (χ0) is 12.4. The fourth-order valence-electron chi connectivity index (χ4n) is 1.75. The molecule has 0 aliphatic heterocycles. The van der Waals surface area contributed by atoms with Crippen molar-refractivity contribution in [2.75, 3.05) is 18.5 Å². The third-order valence-electron chi connectivity index (χ3n) is 2.54. The van der Waals surface area contributed by atoms with Crippen LogP contribution in [-0.2, 0) is 0 Å². The summed E-state index contributed by atoms with van der Waals surface area (Å²) >= 11 is 0. The van der Waals surface area contributed by atoms with Crippen molar-refractivity contribution in [2.24, 2.45) is 0 Å². The van der Waals surface area contributed by atoms with Gasteiger partial charge in [0.05, 0.1) is 10.6 Å². The van der Waals surface area contributed by atoms with E-state index in [2.05, 4.69) is 21.9 Å². The lowest BCUT2D eigenvalue weighted by Crippen LogP contribution is -2.18. The van der Waals surface area contributed by atoms with Crippen molar-refractivity contribution in [2.45, 2.75) is 13.3 Å². The topological polar surface area (TPSA) is 85.3 Å². The highest BCUT2D eigenvalue weighted by atomic mass is 16.6. The number of hydrogen-bond acceptors (Lipinski definition) is 6. The number of nitrogens with zero attached hydrogens (tertiary/aromatic N) is 4. The van der Waals surface area contributed by atoms with E-state index in [1.807, 2.05) is 11.9 Å². The Bertz CT molecular complexity index is 551. The van der Waals surface area contributed by atoms with Crippen molar-refractivity contribution < 1.29 is 9.55 Å². The smallest absolute Gasteiger partial charge is 0.300 e. The maximum absolute atomic E-state index is 10.8. The molecule has 1 heterocycles. The van der Waals surface area contributed by atoms with E-state index < -0.39 is 4.92 Å². The number of rotatable bonds is 4. The Morgan fingerprint density at radius 3 is 2.76 bits per heavy atom. The van der Waals surface area contributed by atoms with E-state index in [0.29, 0.717) is 5.52 Å². The average Bonchev–Trinajstić information content (AvgIpc) is 2.76. The summed E-state index contributed by atoms with van der Waals surface area (Å²) < 4.78 is 4.59. The summed E-state index contributed by atoms with van der Waals surface area (Å²) in [7, 11) is 1.90. The molecule has 7 heteroatoms. The highest BCUT2D eigenvalue weighted by Gasteiger charge is 2.20. The molecule has 0 atom stereocenters. The first kappa shape index (κ1) is 11.3. The van der Waals surface area contributed by atoms with E-state index in [4.69, 9.17) is 0 Å². The van der Waals surface area contributed by atoms with E-state index in [0.717, 1.165) is 18.7 Å². The molecule has 2 aromatic rings. The van der Waals surface area contributed by atoms with Gasteiger partial charge >= 0.3 is 5.69 Å². The molecule has 0 aliphatic carbocycles. The Hall–Kier alpha value is -2.18. The van der Waals surface area contributed by atoms with Gasteiger partial charge in [-0.15, -0.1) is 0 Å². The highest BCUT2D eigenvalue weighted by Crippen LogP contribution is 2.30. The highest BCUT2D eigenvalue weighted by molar-refractivity contribution is 5.93. The molecule has 0 radical (unpaired) electrons. The monoisotopic (exact) mass is 236 g/mol. The molecule has 0 saturated heterocycles. The van der Waals surface area contributed by atoms with Crippen molar-refractivity contribution >= 4 is 22.4 Å². The van der Waals surface area contributed by atoms with Crippen LogP contribution >= 0.6 is 0 Å². The number of anilines is 1. The first-order chi connectivity index (χ1) is 8.15. The van der Waals surface area contributed by atoms with Crippen LogP contribution in [0.25, 0.3) is 11.0 Å². The normalized spacial score (nSPS) is 10.7. The van der Waals surface area contributed by atoms with Gasteiger partial charge in [0.15, 0.2) is 5.52 Å². The number of hydrogen-bond donors (Lipinski definition) is 0. The minimum atomic E-state index is -0.490. The Balaban J connectivity index is 2.57. The summed E-state index contributed by atoms with van der Waals surface area (Å²) in [6, 6.07) is 3.09. The van der Waals surface area contributed by atoms with Crippen LogP contribution in [0.5, 0.6) is 0 Å². The predicted octanol–water partition coefficient (Wildman–Crippen LogP) is 1.98. The lowest BCUT2D eigenvalue weighted by atomic mass is 10.2. The van der Waals surface area contributed by atoms with Crippen molar-refractivity contribution in [3.8, 4) is 0 Å². The molecule has 0 unspecified atom stereocenters. The molecule has 1 aromatic heterocycles. The molecule has 0 aliphatic rings. The van der Waals surface area contributed by atoms with Crippen LogP contribution in [0.3, 0.4) is 0 Å². The SMILES string of the molecule is CCCN(C)c1ccc([N+](=O)[O-])c2nonc12. The zero-order valence-electron chi connectivity index (χ0n) is 9.58. The third kappa shape index (κ3) is 1.91. The maximum atomic E-state index is 10.8. The second-order valence-electron chi connectivity index (χ2n) is 3.74. The molecule has 7 nitrogen and oxygen atoms in total. The molecular formula is C10H12N4O3. The van der Waals surface area contributed by atoms with Crippen LogP contribution < -0.4 is 4.90 Å². The van der Waals surface area contributed by atoms with Crippen LogP contribution in [0.4, 0.5) is 11.4 Å². The molecule has 17 heavy (non-hydrogen) atoms. The molecular weight excluding hydrogens is 224 g/mol. The van der Waals surface area contributed by atoms with Crippen LogP contribution in [0, 0.1) is 10.1 Å². The zero-order valence-corrected chi connectivity index (χ0v) is 9.58. The Morgan fingerprint density at radius 2 is 2.12 bits per heavy atom. The molecule has 2 rings (SSSR count). The van der Waals surface area contributed by atoms with E-state index in [9.17, 15) is 10.1 Å². The van der Waals surface area contributed by atoms with Gasteiger partial charge in [-0.3, -0.25) is 10.1 Å². The first-order valence-electron chi connectivity index (χ1n) is 5.26. The van der Waals surface area contributed by atoms with Crippen molar-refractivity contribution in [1.82, 2.24) is 10.3 Å². The fourth-order valence-corrected chi connectivity index (χ4v) is 1.75. The lowest BCUT2D eigenvalue weighted by molar-refractivity contribution is -0.383. The summed E-state index contributed by atoms with van der Waals surface area (Å²) in [6.07, 6.45) is 0.972. The summed E-state index contributed by atoms with van der Waals surface area (Å²) in [6.45, 7) is 2.89. The summed E-state index contributed by atoms with van der Waals surface area (Å²) in [5.74, 6) is 0. The second kappa shape index (κ2) is 4.36. The number of aromatic nitrogens is 2. The molecule has 0 N–H and O–H groups in total. The van der Waals surface area contributed by atoms with Gasteiger partial charge in [0, 0.05) is 19.7 Å². The van der Waals surface area contributed by atoms with Gasteiger partial charge in [-0.25, -0.2) is 4.63 Å². The summed E-state index contributed by atoms with van der Waals surface area (Å²) in [5, 5.41) is 18.1. The fraction of sp³-hybridized carbons (Fsp3) is 0.400. The Kier molecular flexibility index (Phi) is 2.90. The van der Waals surface area contributed by atoms with Gasteiger partial charge < -0.3 is 4.90 Å². The molecule has 0 saturated carbocycles. The van der Waals surface area contributed by atoms with Gasteiger partial charge in [-0.1, -0.05) is 6.92 Å². The van der Waals surface area contributed by atoms with Crippen molar-refractivity contribution in [3.05, 3.63) is 22.2 Å².